The second-order valence-corrected chi connectivity index (χ2v) is 11.8. The van der Waals surface area contributed by atoms with Crippen molar-refractivity contribution >= 4 is 46.0 Å². The third-order valence-corrected chi connectivity index (χ3v) is 8.90. The Morgan fingerprint density at radius 1 is 1.06 bits per heavy atom. The number of hydrogen-bond donors (Lipinski definition) is 1. The van der Waals surface area contributed by atoms with Crippen LogP contribution < -0.4 is 10.2 Å². The number of ketones is 1. The van der Waals surface area contributed by atoms with Crippen molar-refractivity contribution in [2.24, 2.45) is 5.92 Å². The van der Waals surface area contributed by atoms with Gasteiger partial charge >= 0.3 is 174 Å². The van der Waals surface area contributed by atoms with Crippen LogP contribution in [0.3, 0.4) is 0 Å². The molecule has 0 bridgehead atoms. The maximum absolute atomic E-state index is 13.7. The number of hydrogen-bond acceptors (Lipinski definition) is 5. The van der Waals surface area contributed by atoms with Crippen molar-refractivity contribution in [1.82, 2.24) is 15.1 Å². The summed E-state index contributed by atoms with van der Waals surface area (Å²) in [5.41, 5.74) is 1.54. The molecule has 1 N–H and O–H groups in total. The molecule has 3 amide bonds. The van der Waals surface area contributed by atoms with Crippen LogP contribution in [0.1, 0.15) is 64.2 Å². The van der Waals surface area contributed by atoms with Crippen LogP contribution >= 0.6 is 0 Å². The molecular weight excluding hydrogens is 519 g/mol. The molecule has 36 heavy (non-hydrogen) atoms. The summed E-state index contributed by atoms with van der Waals surface area (Å²) in [5.74, 6) is -0.443. The van der Waals surface area contributed by atoms with E-state index >= 15 is 0 Å². The molecule has 2 heterocycles. The van der Waals surface area contributed by atoms with Crippen LogP contribution in [-0.4, -0.2) is 94.5 Å². The Bertz CT molecular complexity index is 963. The first-order valence-electron chi connectivity index (χ1n) is 13.2. The quantitative estimate of drug-likeness (QED) is 0.442. The number of benzene rings is 1. The third kappa shape index (κ3) is 5.96. The molecule has 2 aliphatic heterocycles. The normalized spacial score (nSPS) is 20.9. The molecule has 9 heteroatoms. The van der Waals surface area contributed by atoms with E-state index in [0.717, 1.165) is 25.2 Å². The monoisotopic (exact) mass is 560 g/mol. The van der Waals surface area contributed by atoms with Gasteiger partial charge in [-0.2, -0.15) is 0 Å². The number of nitrogens with one attached hydrogen (secondary N) is 1. The van der Waals surface area contributed by atoms with Gasteiger partial charge in [-0.1, -0.05) is 0 Å². The van der Waals surface area contributed by atoms with Crippen LogP contribution in [0, 0.1) is 5.92 Å². The zero-order valence-electron chi connectivity index (χ0n) is 22.2. The predicted molar refractivity (Wildman–Crippen MR) is 144 cm³/mol. The van der Waals surface area contributed by atoms with E-state index in [1.165, 1.54) is 16.9 Å². The minimum absolute atomic E-state index is 0.00726. The number of fused-ring (bicyclic) bond motifs is 1. The van der Waals surface area contributed by atoms with Crippen molar-refractivity contribution in [3.05, 3.63) is 29.8 Å². The number of amides is 3. The minimum atomic E-state index is -0.728. The van der Waals surface area contributed by atoms with Crippen molar-refractivity contribution in [1.29, 1.82) is 0 Å². The van der Waals surface area contributed by atoms with E-state index in [9.17, 15) is 19.2 Å². The van der Waals surface area contributed by atoms with Crippen molar-refractivity contribution < 1.29 is 19.2 Å². The Hall–Kier alpha value is -2.34. The average molecular weight is 561 g/mol. The van der Waals surface area contributed by atoms with Crippen LogP contribution in [0.25, 0.3) is 0 Å². The molecule has 0 radical (unpaired) electrons. The fourth-order valence-corrected chi connectivity index (χ4v) is 5.69. The second-order valence-electron chi connectivity index (χ2n) is 10.2. The number of nitrogens with zero attached hydrogens (tertiary/aromatic N) is 3. The number of carbonyl (C=O) groups is 4. The fourth-order valence-electron chi connectivity index (χ4n) is 5.29. The molecule has 8 nitrogen and oxygen atoms in total. The molecule has 2 saturated heterocycles. The van der Waals surface area contributed by atoms with Crippen LogP contribution in [0.4, 0.5) is 5.69 Å². The Balaban J connectivity index is 1.75. The van der Waals surface area contributed by atoms with Crippen molar-refractivity contribution in [3.63, 3.8) is 0 Å². The van der Waals surface area contributed by atoms with E-state index < -0.39 is 12.1 Å². The SMILES string of the molecule is CCC([AsH2])C(=O)N1CC(=O)C2C1CCN2C(=O)C(CC(C)C)NC(=O)c1ccc(N(CC)CC)cc1. The van der Waals surface area contributed by atoms with Gasteiger partial charge in [-0.3, -0.25) is 0 Å². The molecule has 5 unspecified atom stereocenters. The zero-order chi connectivity index (χ0) is 26.6. The van der Waals surface area contributed by atoms with E-state index in [4.69, 9.17) is 0 Å². The molecular formula is C27H41AsN4O4. The first kappa shape index (κ1) is 28.2. The summed E-state index contributed by atoms with van der Waals surface area (Å²) in [4.78, 5) is 58.1. The van der Waals surface area contributed by atoms with Gasteiger partial charge in [-0.05, 0) is 26.0 Å². The summed E-state index contributed by atoms with van der Waals surface area (Å²) in [6, 6.07) is 5.81. The molecule has 1 aromatic carbocycles. The van der Waals surface area contributed by atoms with E-state index in [-0.39, 0.29) is 46.7 Å². The first-order valence-corrected chi connectivity index (χ1v) is 14.6. The molecule has 2 fully saturated rings. The van der Waals surface area contributed by atoms with Gasteiger partial charge in [0.2, 0.25) is 0 Å². The van der Waals surface area contributed by atoms with Gasteiger partial charge in [0.25, 0.3) is 0 Å². The van der Waals surface area contributed by atoms with Gasteiger partial charge in [-0.25, -0.2) is 0 Å². The fraction of sp³-hybridized carbons (Fsp3) is 0.630. The number of carbonyl (C=O) groups excluding carboxylic acids is 4. The van der Waals surface area contributed by atoms with Crippen molar-refractivity contribution in [3.8, 4) is 0 Å². The number of anilines is 1. The number of likely N-dealkylation sites (tertiary alicyclic amines) is 2. The molecule has 0 aliphatic carbocycles. The van der Waals surface area contributed by atoms with Crippen molar-refractivity contribution in [2.75, 3.05) is 31.1 Å². The molecule has 5 atom stereocenters. The van der Waals surface area contributed by atoms with Gasteiger partial charge in [0, 0.05) is 18.8 Å². The summed E-state index contributed by atoms with van der Waals surface area (Å²) >= 11 is 1.37. The standard InChI is InChI=1S/C27H41AsN4O4/c1-6-20(28)26(35)32-16-23(33)24-22(32)13-14-31(24)27(36)21(15-17(4)5)29-25(34)18-9-11-19(12-10-18)30(7-2)8-3/h9-12,17,20-22,24H,6-8,13-16,28H2,1-5H3,(H,29,34). The van der Waals surface area contributed by atoms with Gasteiger partial charge < -0.3 is 4.90 Å². The van der Waals surface area contributed by atoms with Crippen LogP contribution in [0.2, 0.25) is 4.71 Å². The molecule has 0 aromatic heterocycles. The molecule has 2 aliphatic rings. The van der Waals surface area contributed by atoms with E-state index in [1.807, 2.05) is 32.9 Å². The van der Waals surface area contributed by atoms with Gasteiger partial charge in [0.15, 0.2) is 0 Å². The Morgan fingerprint density at radius 3 is 2.25 bits per heavy atom. The Kier molecular flexibility index (Phi) is 9.62. The molecule has 1 aromatic rings. The smallest absolute Gasteiger partial charge is 0.372 e. The van der Waals surface area contributed by atoms with Gasteiger partial charge in [-0.15, -0.1) is 0 Å². The third-order valence-electron chi connectivity index (χ3n) is 7.31. The summed E-state index contributed by atoms with van der Waals surface area (Å²) in [7, 11) is 0. The van der Waals surface area contributed by atoms with Crippen LogP contribution in [0.15, 0.2) is 24.3 Å². The predicted octanol–water partition coefficient (Wildman–Crippen LogP) is 1.89. The molecule has 198 valence electrons. The zero-order valence-corrected chi connectivity index (χ0v) is 24.6. The first-order chi connectivity index (χ1) is 17.1. The summed E-state index contributed by atoms with van der Waals surface area (Å²) in [6.07, 6.45) is 1.80. The molecule has 0 saturated carbocycles. The summed E-state index contributed by atoms with van der Waals surface area (Å²) in [5, 5.41) is 2.94. The average Bonchev–Trinajstić information content (AvgIpc) is 3.44. The summed E-state index contributed by atoms with van der Waals surface area (Å²) < 4.78 is -0.0881. The van der Waals surface area contributed by atoms with E-state index in [2.05, 4.69) is 24.1 Å². The van der Waals surface area contributed by atoms with Gasteiger partial charge in [0.05, 0.1) is 0 Å². The second kappa shape index (κ2) is 12.3. The Labute approximate surface area is 223 Å². The van der Waals surface area contributed by atoms with Crippen LogP contribution in [0.5, 0.6) is 0 Å². The molecule has 0 spiro atoms. The van der Waals surface area contributed by atoms with Crippen LogP contribution in [-0.2, 0) is 14.4 Å². The van der Waals surface area contributed by atoms with Crippen molar-refractivity contribution in [2.45, 2.75) is 76.7 Å². The molecule has 3 rings (SSSR count). The minimum Gasteiger partial charge on any atom is -0.372 e. The maximum atomic E-state index is 13.7. The summed E-state index contributed by atoms with van der Waals surface area (Å²) in [6.45, 7) is 12.4. The number of rotatable bonds is 10. The van der Waals surface area contributed by atoms with E-state index in [1.54, 1.807) is 21.9 Å². The van der Waals surface area contributed by atoms with E-state index in [0.29, 0.717) is 24.9 Å². The number of Topliss-reactive ketones (excluding diaryl/α,β-unsaturated/α-hetero) is 1. The van der Waals surface area contributed by atoms with Gasteiger partial charge in [0.1, 0.15) is 0 Å². The Morgan fingerprint density at radius 2 is 1.69 bits per heavy atom. The topological polar surface area (TPSA) is 90.0 Å².